The van der Waals surface area contributed by atoms with E-state index >= 15 is 0 Å². The molecule has 0 radical (unpaired) electrons. The second kappa shape index (κ2) is 8.42. The lowest BCUT2D eigenvalue weighted by atomic mass is 10.1. The van der Waals surface area contributed by atoms with Crippen LogP contribution in [-0.2, 0) is 0 Å². The van der Waals surface area contributed by atoms with E-state index in [1.807, 2.05) is 60.7 Å². The van der Waals surface area contributed by atoms with Crippen molar-refractivity contribution in [3.63, 3.8) is 0 Å². The van der Waals surface area contributed by atoms with Gasteiger partial charge in [0.15, 0.2) is 9.76 Å². The lowest BCUT2D eigenvalue weighted by Crippen LogP contribution is -2.38. The Kier molecular flexibility index (Phi) is 5.55. The van der Waals surface area contributed by atoms with Crippen molar-refractivity contribution in [3.05, 3.63) is 101 Å². The van der Waals surface area contributed by atoms with Crippen LogP contribution in [0.3, 0.4) is 0 Å². The van der Waals surface area contributed by atoms with Gasteiger partial charge >= 0.3 is 0 Å². The molecule has 0 aromatic heterocycles. The molecule has 1 aliphatic heterocycles. The predicted octanol–water partition coefficient (Wildman–Crippen LogP) is 5.24. The molecule has 3 aromatic carbocycles. The molecule has 0 spiro atoms. The van der Waals surface area contributed by atoms with E-state index in [2.05, 4.69) is 0 Å². The Labute approximate surface area is 177 Å². The topological polar surface area (TPSA) is 68.0 Å². The Bertz CT molecular complexity index is 1060. The van der Waals surface area contributed by atoms with Crippen LogP contribution in [0.2, 0.25) is 0 Å². The second-order valence-electron chi connectivity index (χ2n) is 6.08. The summed E-state index contributed by atoms with van der Waals surface area (Å²) in [5.74, 6) is 0.507. The number of non-ortho nitro benzene ring substituents is 1. The van der Waals surface area contributed by atoms with Gasteiger partial charge < -0.3 is 4.74 Å². The fraction of sp³-hybridized carbons (Fsp3) is 0.0476. The van der Waals surface area contributed by atoms with Crippen molar-refractivity contribution in [2.75, 3.05) is 5.01 Å². The molecule has 0 N–H and O–H groups in total. The van der Waals surface area contributed by atoms with E-state index in [4.69, 9.17) is 22.1 Å². The van der Waals surface area contributed by atoms with Gasteiger partial charge in [-0.15, -0.1) is 0 Å². The number of anilines is 1. The number of hydrazone groups is 1. The number of hydrogen-bond donors (Lipinski definition) is 0. The van der Waals surface area contributed by atoms with E-state index in [1.54, 1.807) is 17.1 Å². The van der Waals surface area contributed by atoms with Crippen LogP contribution in [-0.4, -0.2) is 20.4 Å². The minimum Gasteiger partial charge on any atom is -0.473 e. The molecule has 1 aliphatic rings. The summed E-state index contributed by atoms with van der Waals surface area (Å²) in [5.41, 5.74) is 2.02. The number of para-hydroxylation sites is 1. The molecule has 0 fully saturated rings. The third-order valence-corrected chi connectivity index (χ3v) is 5.54. The van der Waals surface area contributed by atoms with E-state index in [0.29, 0.717) is 15.8 Å². The van der Waals surface area contributed by atoms with Gasteiger partial charge in [-0.3, -0.25) is 10.1 Å². The number of benzene rings is 3. The Morgan fingerprint density at radius 2 is 1.59 bits per heavy atom. The number of nitro groups is 1. The predicted molar refractivity (Wildman–Crippen MR) is 120 cm³/mol. The zero-order valence-corrected chi connectivity index (χ0v) is 16.7. The van der Waals surface area contributed by atoms with Crippen molar-refractivity contribution < 1.29 is 9.66 Å². The smallest absolute Gasteiger partial charge is 0.269 e. The van der Waals surface area contributed by atoms with Crippen LogP contribution < -0.4 is 9.75 Å². The number of thioether (sulfide) groups is 1. The van der Waals surface area contributed by atoms with Crippen molar-refractivity contribution in [3.8, 4) is 5.75 Å². The monoisotopic (exact) mass is 421 g/mol. The summed E-state index contributed by atoms with van der Waals surface area (Å²) in [6.45, 7) is 0. The van der Waals surface area contributed by atoms with Crippen molar-refractivity contribution in [2.45, 2.75) is 5.44 Å². The highest BCUT2D eigenvalue weighted by Gasteiger charge is 2.31. The molecule has 1 unspecified atom stereocenters. The third kappa shape index (κ3) is 4.28. The molecule has 0 bridgehead atoms. The first kappa shape index (κ1) is 19.1. The van der Waals surface area contributed by atoms with Gasteiger partial charge in [-0.05, 0) is 36.0 Å². The summed E-state index contributed by atoms with van der Waals surface area (Å²) in [4.78, 5) is 10.4. The zero-order chi connectivity index (χ0) is 20.2. The molecule has 0 saturated carbocycles. The number of nitrogens with zero attached hydrogens (tertiary/aromatic N) is 3. The summed E-state index contributed by atoms with van der Waals surface area (Å²) in [5, 5.41) is 17.4. The molecule has 8 heteroatoms. The highest BCUT2D eigenvalue weighted by Crippen LogP contribution is 2.32. The first-order valence-corrected chi connectivity index (χ1v) is 10.0. The zero-order valence-electron chi connectivity index (χ0n) is 15.0. The molecule has 1 heterocycles. The molecule has 0 saturated heterocycles. The van der Waals surface area contributed by atoms with Crippen molar-refractivity contribution >= 4 is 45.4 Å². The molecular formula is C21H15N3O3S2. The summed E-state index contributed by atoms with van der Waals surface area (Å²) in [7, 11) is 0. The molecule has 0 amide bonds. The number of rotatable bonds is 5. The quantitative estimate of drug-likeness (QED) is 0.319. The van der Waals surface area contributed by atoms with E-state index < -0.39 is 10.4 Å². The number of thiocarbonyl (C=S) groups is 1. The van der Waals surface area contributed by atoms with Crippen molar-refractivity contribution in [1.29, 1.82) is 0 Å². The van der Waals surface area contributed by atoms with Gasteiger partial charge in [-0.25, -0.2) is 5.01 Å². The fourth-order valence-corrected chi connectivity index (χ4v) is 4.07. The van der Waals surface area contributed by atoms with Crippen LogP contribution in [0.5, 0.6) is 5.75 Å². The molecule has 1 atom stereocenters. The Balaban J connectivity index is 1.69. The van der Waals surface area contributed by atoms with Crippen LogP contribution in [0.1, 0.15) is 5.56 Å². The Morgan fingerprint density at radius 1 is 0.966 bits per heavy atom. The summed E-state index contributed by atoms with van der Waals surface area (Å²) in [6.07, 6.45) is 0. The van der Waals surface area contributed by atoms with Crippen LogP contribution in [0.15, 0.2) is 90.0 Å². The standard InChI is InChI=1S/C21H15N3O3S2/c25-24(26)17-11-13-18(14-12-17)27-20-19(15-7-3-1-4-8-15)22-23(21(28)29-20)16-9-5-2-6-10-16/h1-14,20H. The molecule has 4 rings (SSSR count). The van der Waals surface area contributed by atoms with Gasteiger partial charge in [0.25, 0.3) is 5.69 Å². The lowest BCUT2D eigenvalue weighted by Gasteiger charge is -2.31. The minimum absolute atomic E-state index is 0.0105. The maximum atomic E-state index is 10.9. The summed E-state index contributed by atoms with van der Waals surface area (Å²) < 4.78 is 6.67. The van der Waals surface area contributed by atoms with Gasteiger partial charge in [-0.1, -0.05) is 60.7 Å². The van der Waals surface area contributed by atoms with Gasteiger partial charge in [0, 0.05) is 17.7 Å². The van der Waals surface area contributed by atoms with E-state index in [-0.39, 0.29) is 5.69 Å². The van der Waals surface area contributed by atoms with E-state index in [0.717, 1.165) is 11.3 Å². The van der Waals surface area contributed by atoms with E-state index in [1.165, 1.54) is 23.9 Å². The van der Waals surface area contributed by atoms with Gasteiger partial charge in [0.1, 0.15) is 11.5 Å². The second-order valence-corrected chi connectivity index (χ2v) is 7.78. The summed E-state index contributed by atoms with van der Waals surface area (Å²) in [6, 6.07) is 25.4. The van der Waals surface area contributed by atoms with Crippen LogP contribution >= 0.6 is 24.0 Å². The van der Waals surface area contributed by atoms with Gasteiger partial charge in [0.2, 0.25) is 0 Å². The van der Waals surface area contributed by atoms with Gasteiger partial charge in [0.05, 0.1) is 10.6 Å². The Morgan fingerprint density at radius 3 is 2.21 bits per heavy atom. The molecule has 144 valence electrons. The van der Waals surface area contributed by atoms with Crippen LogP contribution in [0.25, 0.3) is 0 Å². The SMILES string of the molecule is O=[N+]([O-])c1ccc(OC2SC(=S)N(c3ccccc3)N=C2c2ccccc2)cc1. The maximum absolute atomic E-state index is 10.9. The van der Waals surface area contributed by atoms with Crippen LogP contribution in [0, 0.1) is 10.1 Å². The number of hydrogen-bond acceptors (Lipinski definition) is 6. The highest BCUT2D eigenvalue weighted by molar-refractivity contribution is 8.24. The third-order valence-electron chi connectivity index (χ3n) is 4.17. The average Bonchev–Trinajstić information content (AvgIpc) is 2.75. The molecule has 0 aliphatic carbocycles. The van der Waals surface area contributed by atoms with Gasteiger partial charge in [-0.2, -0.15) is 5.10 Å². The Hall–Kier alpha value is -3.23. The fourth-order valence-electron chi connectivity index (χ4n) is 2.78. The van der Waals surface area contributed by atoms with E-state index in [9.17, 15) is 10.1 Å². The lowest BCUT2D eigenvalue weighted by molar-refractivity contribution is -0.384. The number of ether oxygens (including phenoxy) is 1. The largest absolute Gasteiger partial charge is 0.473 e. The molecule has 29 heavy (non-hydrogen) atoms. The highest BCUT2D eigenvalue weighted by atomic mass is 32.2. The molecular weight excluding hydrogens is 406 g/mol. The maximum Gasteiger partial charge on any atom is 0.269 e. The minimum atomic E-state index is -0.480. The first-order chi connectivity index (χ1) is 14.1. The molecule has 3 aromatic rings. The first-order valence-electron chi connectivity index (χ1n) is 8.72. The normalized spacial score (nSPS) is 16.3. The number of nitro benzene ring substituents is 1. The van der Waals surface area contributed by atoms with Crippen molar-refractivity contribution in [2.24, 2.45) is 5.10 Å². The van der Waals surface area contributed by atoms with Crippen molar-refractivity contribution in [1.82, 2.24) is 0 Å². The van der Waals surface area contributed by atoms with Crippen LogP contribution in [0.4, 0.5) is 11.4 Å². The summed E-state index contributed by atoms with van der Waals surface area (Å²) >= 11 is 6.94. The average molecular weight is 422 g/mol. The molecule has 6 nitrogen and oxygen atoms in total.